The molecule has 0 aliphatic carbocycles. The second kappa shape index (κ2) is 8.29. The van der Waals surface area contributed by atoms with Crippen LogP contribution < -0.4 is 5.32 Å². The van der Waals surface area contributed by atoms with Gasteiger partial charge in [0.25, 0.3) is 0 Å². The van der Waals surface area contributed by atoms with Gasteiger partial charge in [-0.15, -0.1) is 0 Å². The van der Waals surface area contributed by atoms with Crippen LogP contribution in [-0.4, -0.2) is 33.7 Å². The van der Waals surface area contributed by atoms with Crippen molar-refractivity contribution in [3.8, 4) is 0 Å². The first kappa shape index (κ1) is 17.0. The van der Waals surface area contributed by atoms with Gasteiger partial charge in [0.15, 0.2) is 0 Å². The minimum Gasteiger partial charge on any atom is -0.391 e. The molecule has 1 heterocycles. The molecule has 122 valence electrons. The van der Waals surface area contributed by atoms with Crippen molar-refractivity contribution in [1.29, 1.82) is 0 Å². The Kier molecular flexibility index (Phi) is 6.11. The molecule has 23 heavy (non-hydrogen) atoms. The minimum absolute atomic E-state index is 0.226. The molecule has 2 aromatic rings. The van der Waals surface area contributed by atoms with Crippen molar-refractivity contribution in [2.24, 2.45) is 0 Å². The first-order chi connectivity index (χ1) is 11.1. The topological polar surface area (TPSA) is 65.5 Å². The summed E-state index contributed by atoms with van der Waals surface area (Å²) in [6.07, 6.45) is 3.42. The Bertz CT molecular complexity index is 631. The van der Waals surface area contributed by atoms with E-state index in [4.69, 9.17) is 0 Å². The van der Waals surface area contributed by atoms with Crippen LogP contribution in [0.1, 0.15) is 24.5 Å². The Hall–Kier alpha value is -2.40. The fourth-order valence-corrected chi connectivity index (χ4v) is 2.21. The first-order valence-corrected chi connectivity index (χ1v) is 7.78. The van der Waals surface area contributed by atoms with E-state index in [1.807, 2.05) is 44.2 Å². The molecule has 0 radical (unpaired) electrons. The summed E-state index contributed by atoms with van der Waals surface area (Å²) in [6, 6.07) is 11.3. The Morgan fingerprint density at radius 3 is 2.70 bits per heavy atom. The molecule has 2 amide bonds. The Labute approximate surface area is 137 Å². The van der Waals surface area contributed by atoms with Crippen LogP contribution in [0.4, 0.5) is 10.5 Å². The maximum absolute atomic E-state index is 12.6. The van der Waals surface area contributed by atoms with Crippen LogP contribution in [0, 0.1) is 6.92 Å². The highest BCUT2D eigenvalue weighted by Gasteiger charge is 2.18. The molecule has 0 aliphatic heterocycles. The number of hydrogen-bond acceptors (Lipinski definition) is 3. The molecule has 1 aromatic heterocycles. The number of benzene rings is 1. The molecular weight excluding hydrogens is 290 g/mol. The van der Waals surface area contributed by atoms with Crippen LogP contribution in [-0.2, 0) is 6.54 Å². The van der Waals surface area contributed by atoms with E-state index in [0.717, 1.165) is 16.8 Å². The average molecular weight is 313 g/mol. The van der Waals surface area contributed by atoms with E-state index in [9.17, 15) is 9.90 Å². The highest BCUT2D eigenvalue weighted by molar-refractivity contribution is 5.90. The lowest BCUT2D eigenvalue weighted by molar-refractivity contribution is 0.119. The number of carbonyl (C=O) groups is 1. The van der Waals surface area contributed by atoms with E-state index in [0.29, 0.717) is 19.5 Å². The summed E-state index contributed by atoms with van der Waals surface area (Å²) in [5, 5.41) is 12.8. The van der Waals surface area contributed by atoms with Gasteiger partial charge in [0.2, 0.25) is 0 Å². The van der Waals surface area contributed by atoms with E-state index in [1.165, 1.54) is 0 Å². The summed E-state index contributed by atoms with van der Waals surface area (Å²) in [5.41, 5.74) is 2.66. The molecule has 5 heteroatoms. The number of aromatic nitrogens is 1. The molecule has 1 aromatic carbocycles. The second-order valence-electron chi connectivity index (χ2n) is 5.55. The fraction of sp³-hybridized carbons (Fsp3) is 0.333. The van der Waals surface area contributed by atoms with Gasteiger partial charge >= 0.3 is 6.03 Å². The normalized spacial score (nSPS) is 11.8. The van der Waals surface area contributed by atoms with Crippen LogP contribution in [0.2, 0.25) is 0 Å². The van der Waals surface area contributed by atoms with Gasteiger partial charge in [0.05, 0.1) is 6.10 Å². The monoisotopic (exact) mass is 313 g/mol. The van der Waals surface area contributed by atoms with E-state index in [-0.39, 0.29) is 6.03 Å². The number of aryl methyl sites for hydroxylation is 1. The zero-order valence-electron chi connectivity index (χ0n) is 13.6. The van der Waals surface area contributed by atoms with E-state index in [1.54, 1.807) is 23.4 Å². The van der Waals surface area contributed by atoms with Crippen LogP contribution in [0.25, 0.3) is 0 Å². The predicted octanol–water partition coefficient (Wildman–Crippen LogP) is 3.20. The number of hydrogen-bond donors (Lipinski definition) is 2. The van der Waals surface area contributed by atoms with Crippen molar-refractivity contribution in [2.45, 2.75) is 32.9 Å². The Morgan fingerprint density at radius 2 is 2.04 bits per heavy atom. The Balaban J connectivity index is 2.12. The van der Waals surface area contributed by atoms with Crippen molar-refractivity contribution in [2.75, 3.05) is 11.9 Å². The van der Waals surface area contributed by atoms with Crippen LogP contribution >= 0.6 is 0 Å². The summed E-state index contributed by atoms with van der Waals surface area (Å²) in [7, 11) is 0. The lowest BCUT2D eigenvalue weighted by atomic mass is 10.2. The standard InChI is InChI=1S/C18H23N3O2/c1-3-16(22)13-21(12-15-7-5-4-6-8-15)18(23)20-17-9-10-19-11-14(17)2/h4-11,16,22H,3,12-13H2,1-2H3,(H,19,20,23). The molecule has 0 saturated carbocycles. The maximum atomic E-state index is 12.6. The summed E-state index contributed by atoms with van der Waals surface area (Å²) in [5.74, 6) is 0. The molecule has 5 nitrogen and oxygen atoms in total. The molecular formula is C18H23N3O2. The third-order valence-electron chi connectivity index (χ3n) is 3.67. The number of anilines is 1. The zero-order chi connectivity index (χ0) is 16.7. The number of nitrogens with zero attached hydrogens (tertiary/aromatic N) is 2. The van der Waals surface area contributed by atoms with Crippen LogP contribution in [0.3, 0.4) is 0 Å². The van der Waals surface area contributed by atoms with E-state index >= 15 is 0 Å². The van der Waals surface area contributed by atoms with Gasteiger partial charge in [-0.2, -0.15) is 0 Å². The van der Waals surface area contributed by atoms with Crippen molar-refractivity contribution in [1.82, 2.24) is 9.88 Å². The van der Waals surface area contributed by atoms with Gasteiger partial charge in [0, 0.05) is 31.2 Å². The largest absolute Gasteiger partial charge is 0.391 e. The highest BCUT2D eigenvalue weighted by Crippen LogP contribution is 2.14. The van der Waals surface area contributed by atoms with Gasteiger partial charge in [-0.1, -0.05) is 37.3 Å². The summed E-state index contributed by atoms with van der Waals surface area (Å²) in [4.78, 5) is 18.3. The number of aliphatic hydroxyl groups is 1. The number of rotatable bonds is 6. The van der Waals surface area contributed by atoms with Crippen molar-refractivity contribution in [3.63, 3.8) is 0 Å². The predicted molar refractivity (Wildman–Crippen MR) is 91.1 cm³/mol. The lowest BCUT2D eigenvalue weighted by Crippen LogP contribution is -2.39. The number of pyridine rings is 1. The fourth-order valence-electron chi connectivity index (χ4n) is 2.21. The van der Waals surface area contributed by atoms with Crippen LogP contribution in [0.15, 0.2) is 48.8 Å². The maximum Gasteiger partial charge on any atom is 0.322 e. The van der Waals surface area contributed by atoms with Crippen LogP contribution in [0.5, 0.6) is 0 Å². The van der Waals surface area contributed by atoms with Crippen molar-refractivity contribution < 1.29 is 9.90 Å². The van der Waals surface area contributed by atoms with E-state index < -0.39 is 6.10 Å². The molecule has 0 bridgehead atoms. The smallest absolute Gasteiger partial charge is 0.322 e. The van der Waals surface area contributed by atoms with Crippen molar-refractivity contribution in [3.05, 3.63) is 59.9 Å². The molecule has 0 saturated heterocycles. The molecule has 0 aliphatic rings. The highest BCUT2D eigenvalue weighted by atomic mass is 16.3. The number of amides is 2. The first-order valence-electron chi connectivity index (χ1n) is 7.78. The van der Waals surface area contributed by atoms with Gasteiger partial charge < -0.3 is 15.3 Å². The third kappa shape index (κ3) is 5.07. The second-order valence-corrected chi connectivity index (χ2v) is 5.55. The van der Waals surface area contributed by atoms with Gasteiger partial charge in [-0.05, 0) is 30.5 Å². The van der Waals surface area contributed by atoms with E-state index in [2.05, 4.69) is 10.3 Å². The summed E-state index contributed by atoms with van der Waals surface area (Å²) >= 11 is 0. The SMILES string of the molecule is CCC(O)CN(Cc1ccccc1)C(=O)Nc1ccncc1C. The zero-order valence-corrected chi connectivity index (χ0v) is 13.6. The van der Waals surface area contributed by atoms with Gasteiger partial charge in [-0.3, -0.25) is 4.98 Å². The lowest BCUT2D eigenvalue weighted by Gasteiger charge is -2.25. The number of nitrogens with one attached hydrogen (secondary N) is 1. The number of aliphatic hydroxyl groups excluding tert-OH is 1. The average Bonchev–Trinajstić information content (AvgIpc) is 2.57. The number of carbonyl (C=O) groups excluding carboxylic acids is 1. The van der Waals surface area contributed by atoms with Crippen molar-refractivity contribution >= 4 is 11.7 Å². The minimum atomic E-state index is -0.539. The summed E-state index contributed by atoms with van der Waals surface area (Å²) < 4.78 is 0. The summed E-state index contributed by atoms with van der Waals surface area (Å²) in [6.45, 7) is 4.54. The van der Waals surface area contributed by atoms with Gasteiger partial charge in [-0.25, -0.2) is 4.79 Å². The molecule has 2 N–H and O–H groups in total. The molecule has 0 spiro atoms. The molecule has 0 fully saturated rings. The molecule has 1 atom stereocenters. The third-order valence-corrected chi connectivity index (χ3v) is 3.67. The molecule has 2 rings (SSSR count). The quantitative estimate of drug-likeness (QED) is 0.860. The number of urea groups is 1. The Morgan fingerprint density at radius 1 is 1.30 bits per heavy atom. The molecule has 1 unspecified atom stereocenters. The van der Waals surface area contributed by atoms with Gasteiger partial charge in [0.1, 0.15) is 0 Å².